The molecular formula is C21H20O. The van der Waals surface area contributed by atoms with Crippen molar-refractivity contribution >= 4 is 11.4 Å². The van der Waals surface area contributed by atoms with Crippen LogP contribution in [0.5, 0.6) is 0 Å². The lowest BCUT2D eigenvalue weighted by atomic mass is 9.91. The van der Waals surface area contributed by atoms with Crippen molar-refractivity contribution in [2.45, 2.75) is 26.2 Å². The maximum Gasteiger partial charge on any atom is 0.201 e. The number of Topliss-reactive ketones (excluding diaryl/α,β-unsaturated/α-hetero) is 1. The van der Waals surface area contributed by atoms with Gasteiger partial charge < -0.3 is 0 Å². The number of allylic oxidation sites excluding steroid dienone is 2. The number of benzene rings is 2. The van der Waals surface area contributed by atoms with Gasteiger partial charge in [0.1, 0.15) is 0 Å². The predicted molar refractivity (Wildman–Crippen MR) is 92.5 cm³/mol. The third-order valence-corrected chi connectivity index (χ3v) is 3.61. The summed E-state index contributed by atoms with van der Waals surface area (Å²) < 4.78 is 0. The van der Waals surface area contributed by atoms with Crippen LogP contribution in [0, 0.1) is 12.3 Å². The summed E-state index contributed by atoms with van der Waals surface area (Å²) in [6.07, 6.45) is 8.58. The summed E-state index contributed by atoms with van der Waals surface area (Å²) in [5.74, 6) is 2.57. The fourth-order valence-electron chi connectivity index (χ4n) is 2.43. The molecule has 0 amide bonds. The zero-order chi connectivity index (χ0) is 15.8. The number of rotatable bonds is 6. The van der Waals surface area contributed by atoms with E-state index >= 15 is 0 Å². The molecule has 0 spiro atoms. The third kappa shape index (κ3) is 3.74. The number of unbranched alkanes of at least 4 members (excludes halogenated alkanes) is 1. The van der Waals surface area contributed by atoms with Gasteiger partial charge in [-0.2, -0.15) is 0 Å². The Hall–Kier alpha value is -2.59. The molecule has 110 valence electrons. The molecule has 0 radical (unpaired) electrons. The normalized spacial score (nSPS) is 11.5. The Bertz CT molecular complexity index is 688. The SMILES string of the molecule is C#CC(C(=O)c1ccccc1)=C(CCCC)c1ccccc1. The van der Waals surface area contributed by atoms with Gasteiger partial charge in [0.2, 0.25) is 5.78 Å². The number of carbonyl (C=O) groups is 1. The van der Waals surface area contributed by atoms with Crippen LogP contribution in [0.1, 0.15) is 42.1 Å². The van der Waals surface area contributed by atoms with E-state index in [1.807, 2.05) is 60.7 Å². The molecular weight excluding hydrogens is 268 g/mol. The second-order valence-electron chi connectivity index (χ2n) is 5.16. The monoisotopic (exact) mass is 288 g/mol. The molecule has 1 heteroatoms. The molecule has 0 heterocycles. The van der Waals surface area contributed by atoms with Crippen molar-refractivity contribution in [1.29, 1.82) is 0 Å². The molecule has 0 saturated heterocycles. The van der Waals surface area contributed by atoms with Gasteiger partial charge in [-0.15, -0.1) is 6.42 Å². The molecule has 0 aliphatic carbocycles. The average Bonchev–Trinajstić information content (AvgIpc) is 2.59. The third-order valence-electron chi connectivity index (χ3n) is 3.61. The van der Waals surface area contributed by atoms with Crippen LogP contribution in [-0.2, 0) is 0 Å². The fourth-order valence-corrected chi connectivity index (χ4v) is 2.43. The largest absolute Gasteiger partial charge is 0.288 e. The number of ketones is 1. The molecule has 0 aliphatic heterocycles. The standard InChI is InChI=1S/C21H20O/c1-3-5-16-20(17-12-8-6-9-13-17)19(4-2)21(22)18-14-10-7-11-15-18/h2,6-15H,3,5,16H2,1H3. The van der Waals surface area contributed by atoms with E-state index in [0.29, 0.717) is 11.1 Å². The van der Waals surface area contributed by atoms with Gasteiger partial charge in [-0.3, -0.25) is 4.79 Å². The van der Waals surface area contributed by atoms with Gasteiger partial charge >= 0.3 is 0 Å². The van der Waals surface area contributed by atoms with E-state index in [-0.39, 0.29) is 5.78 Å². The summed E-state index contributed by atoms with van der Waals surface area (Å²) in [4.78, 5) is 12.8. The topological polar surface area (TPSA) is 17.1 Å². The first-order valence-corrected chi connectivity index (χ1v) is 7.62. The minimum atomic E-state index is -0.0712. The molecule has 2 rings (SSSR count). The van der Waals surface area contributed by atoms with Crippen molar-refractivity contribution in [3.8, 4) is 12.3 Å². The van der Waals surface area contributed by atoms with Crippen LogP contribution < -0.4 is 0 Å². The van der Waals surface area contributed by atoms with E-state index in [2.05, 4.69) is 12.8 Å². The van der Waals surface area contributed by atoms with Crippen LogP contribution in [0.15, 0.2) is 66.2 Å². The Morgan fingerprint density at radius 1 is 0.955 bits per heavy atom. The molecule has 0 bridgehead atoms. The molecule has 2 aromatic carbocycles. The number of hydrogen-bond donors (Lipinski definition) is 0. The minimum Gasteiger partial charge on any atom is -0.288 e. The van der Waals surface area contributed by atoms with Crippen molar-refractivity contribution in [3.05, 3.63) is 77.4 Å². The summed E-state index contributed by atoms with van der Waals surface area (Å²) >= 11 is 0. The van der Waals surface area contributed by atoms with E-state index in [1.54, 1.807) is 0 Å². The Labute approximate surface area is 132 Å². The van der Waals surface area contributed by atoms with Crippen LogP contribution in [0.4, 0.5) is 0 Å². The van der Waals surface area contributed by atoms with Crippen molar-refractivity contribution in [2.24, 2.45) is 0 Å². The van der Waals surface area contributed by atoms with Crippen LogP contribution in [-0.4, -0.2) is 5.78 Å². The Morgan fingerprint density at radius 3 is 2.00 bits per heavy atom. The van der Waals surface area contributed by atoms with E-state index in [0.717, 1.165) is 30.4 Å². The highest BCUT2D eigenvalue weighted by Gasteiger charge is 2.16. The Balaban J connectivity index is 2.50. The molecule has 0 aromatic heterocycles. The van der Waals surface area contributed by atoms with Crippen LogP contribution in [0.3, 0.4) is 0 Å². The molecule has 0 fully saturated rings. The van der Waals surface area contributed by atoms with E-state index < -0.39 is 0 Å². The first-order valence-electron chi connectivity index (χ1n) is 7.62. The zero-order valence-corrected chi connectivity index (χ0v) is 12.9. The number of terminal acetylenes is 1. The first-order chi connectivity index (χ1) is 10.8. The van der Waals surface area contributed by atoms with Crippen molar-refractivity contribution in [1.82, 2.24) is 0 Å². The van der Waals surface area contributed by atoms with E-state index in [4.69, 9.17) is 6.42 Å². The first kappa shape index (κ1) is 15.8. The van der Waals surface area contributed by atoms with Gasteiger partial charge in [-0.1, -0.05) is 79.9 Å². The number of hydrogen-bond acceptors (Lipinski definition) is 1. The van der Waals surface area contributed by atoms with Gasteiger partial charge in [-0.05, 0) is 24.0 Å². The van der Waals surface area contributed by atoms with Gasteiger partial charge in [0.25, 0.3) is 0 Å². The lowest BCUT2D eigenvalue weighted by Crippen LogP contribution is -2.05. The lowest BCUT2D eigenvalue weighted by molar-refractivity contribution is 0.103. The summed E-state index contributed by atoms with van der Waals surface area (Å²) in [7, 11) is 0. The molecule has 0 unspecified atom stereocenters. The van der Waals surface area contributed by atoms with Crippen molar-refractivity contribution < 1.29 is 4.79 Å². The highest BCUT2D eigenvalue weighted by Crippen LogP contribution is 2.26. The molecule has 0 atom stereocenters. The average molecular weight is 288 g/mol. The molecule has 1 nitrogen and oxygen atoms in total. The van der Waals surface area contributed by atoms with Crippen LogP contribution in [0.2, 0.25) is 0 Å². The van der Waals surface area contributed by atoms with Gasteiger partial charge in [0, 0.05) is 5.56 Å². The summed E-state index contributed by atoms with van der Waals surface area (Å²) in [5.41, 5.74) is 3.12. The Kier molecular flexibility index (Phi) is 5.74. The van der Waals surface area contributed by atoms with E-state index in [9.17, 15) is 4.79 Å². The predicted octanol–water partition coefficient (Wildman–Crippen LogP) is 5.15. The Morgan fingerprint density at radius 2 is 1.50 bits per heavy atom. The zero-order valence-electron chi connectivity index (χ0n) is 12.9. The molecule has 0 saturated carbocycles. The molecule has 2 aromatic rings. The lowest BCUT2D eigenvalue weighted by Gasteiger charge is -2.11. The van der Waals surface area contributed by atoms with Crippen LogP contribution >= 0.6 is 0 Å². The minimum absolute atomic E-state index is 0.0712. The number of carbonyl (C=O) groups excluding carboxylic acids is 1. The molecule has 0 aliphatic rings. The second kappa shape index (κ2) is 8.00. The highest BCUT2D eigenvalue weighted by molar-refractivity contribution is 6.16. The summed E-state index contributed by atoms with van der Waals surface area (Å²) in [6.45, 7) is 2.14. The molecule has 22 heavy (non-hydrogen) atoms. The van der Waals surface area contributed by atoms with Gasteiger partial charge in [-0.25, -0.2) is 0 Å². The van der Waals surface area contributed by atoms with Gasteiger partial charge in [0.15, 0.2) is 0 Å². The highest BCUT2D eigenvalue weighted by atomic mass is 16.1. The van der Waals surface area contributed by atoms with Crippen molar-refractivity contribution in [3.63, 3.8) is 0 Å². The van der Waals surface area contributed by atoms with Crippen molar-refractivity contribution in [2.75, 3.05) is 0 Å². The quantitative estimate of drug-likeness (QED) is 0.408. The van der Waals surface area contributed by atoms with Gasteiger partial charge in [0.05, 0.1) is 5.57 Å². The smallest absolute Gasteiger partial charge is 0.201 e. The summed E-state index contributed by atoms with van der Waals surface area (Å²) in [5, 5.41) is 0. The maximum atomic E-state index is 12.8. The van der Waals surface area contributed by atoms with E-state index in [1.165, 1.54) is 0 Å². The summed E-state index contributed by atoms with van der Waals surface area (Å²) in [6, 6.07) is 19.2. The molecule has 0 N–H and O–H groups in total. The maximum absolute atomic E-state index is 12.8. The fraction of sp³-hybridized carbons (Fsp3) is 0.190. The van der Waals surface area contributed by atoms with Crippen LogP contribution in [0.25, 0.3) is 5.57 Å². The second-order valence-corrected chi connectivity index (χ2v) is 5.16.